The van der Waals surface area contributed by atoms with Crippen molar-refractivity contribution in [1.29, 1.82) is 0 Å². The molecule has 0 saturated carbocycles. The van der Waals surface area contributed by atoms with Gasteiger partial charge < -0.3 is 20.0 Å². The van der Waals surface area contributed by atoms with Crippen LogP contribution in [0.4, 0.5) is 5.69 Å². The number of furan rings is 1. The Morgan fingerprint density at radius 2 is 2.04 bits per heavy atom. The molecule has 124 valence electrons. The maximum atomic E-state index is 12.5. The van der Waals surface area contributed by atoms with Crippen molar-refractivity contribution in [3.8, 4) is 0 Å². The van der Waals surface area contributed by atoms with Gasteiger partial charge in [0.05, 0.1) is 24.1 Å². The van der Waals surface area contributed by atoms with Crippen LogP contribution in [0, 0.1) is 0 Å². The van der Waals surface area contributed by atoms with Crippen LogP contribution in [0.15, 0.2) is 47.1 Å². The van der Waals surface area contributed by atoms with E-state index in [4.69, 9.17) is 4.42 Å². The van der Waals surface area contributed by atoms with E-state index in [-0.39, 0.29) is 30.8 Å². The fourth-order valence-corrected chi connectivity index (χ4v) is 2.55. The van der Waals surface area contributed by atoms with Crippen molar-refractivity contribution in [3.63, 3.8) is 0 Å². The molecule has 24 heavy (non-hydrogen) atoms. The number of anilines is 1. The van der Waals surface area contributed by atoms with E-state index in [2.05, 4.69) is 10.6 Å². The Balaban J connectivity index is 1.79. The van der Waals surface area contributed by atoms with Crippen LogP contribution in [0.5, 0.6) is 0 Å². The molecule has 2 aromatic rings. The van der Waals surface area contributed by atoms with Crippen molar-refractivity contribution in [2.75, 3.05) is 11.4 Å². The zero-order chi connectivity index (χ0) is 17.1. The van der Waals surface area contributed by atoms with Gasteiger partial charge in [0, 0.05) is 0 Å². The molecule has 0 radical (unpaired) electrons. The van der Waals surface area contributed by atoms with Crippen LogP contribution in [0.25, 0.3) is 0 Å². The Hall–Kier alpha value is -3.09. The third-order valence-electron chi connectivity index (χ3n) is 3.77. The Labute approximate surface area is 138 Å². The molecule has 3 amide bonds. The summed E-state index contributed by atoms with van der Waals surface area (Å²) in [4.78, 5) is 38.2. The molecule has 3 rings (SSSR count). The van der Waals surface area contributed by atoms with E-state index in [1.165, 1.54) is 11.2 Å². The van der Waals surface area contributed by atoms with Gasteiger partial charge in [-0.15, -0.1) is 0 Å². The average Bonchev–Trinajstić information content (AvgIpc) is 3.08. The lowest BCUT2D eigenvalue weighted by Gasteiger charge is -2.23. The Morgan fingerprint density at radius 3 is 2.79 bits per heavy atom. The lowest BCUT2D eigenvalue weighted by molar-refractivity contribution is -0.124. The number of para-hydroxylation sites is 1. The molecule has 1 aliphatic heterocycles. The highest BCUT2D eigenvalue weighted by atomic mass is 16.3. The molecule has 0 aliphatic carbocycles. The molecule has 0 saturated heterocycles. The molecule has 0 spiro atoms. The second kappa shape index (κ2) is 6.57. The molecule has 0 bridgehead atoms. The van der Waals surface area contributed by atoms with Gasteiger partial charge in [0.25, 0.3) is 5.91 Å². The molecular weight excluding hydrogens is 310 g/mol. The predicted molar refractivity (Wildman–Crippen MR) is 86.3 cm³/mol. The minimum atomic E-state index is -0.706. The van der Waals surface area contributed by atoms with E-state index in [1.54, 1.807) is 43.3 Å². The van der Waals surface area contributed by atoms with Crippen molar-refractivity contribution >= 4 is 23.4 Å². The van der Waals surface area contributed by atoms with E-state index in [0.717, 1.165) is 0 Å². The summed E-state index contributed by atoms with van der Waals surface area (Å²) in [5, 5.41) is 5.33. The molecule has 2 heterocycles. The monoisotopic (exact) mass is 327 g/mol. The quantitative estimate of drug-likeness (QED) is 0.878. The zero-order valence-corrected chi connectivity index (χ0v) is 13.1. The zero-order valence-electron chi connectivity index (χ0n) is 13.1. The van der Waals surface area contributed by atoms with Crippen molar-refractivity contribution in [3.05, 3.63) is 54.0 Å². The first kappa shape index (κ1) is 15.8. The lowest BCUT2D eigenvalue weighted by Crippen LogP contribution is -2.47. The van der Waals surface area contributed by atoms with E-state index < -0.39 is 6.04 Å². The standard InChI is InChI=1S/C17H17N3O4/c1-11-17(23)20(10-15(21)18-9-12-5-4-8-24-12)14-7-3-2-6-13(14)16(22)19-11/h2-8,11H,9-10H2,1H3,(H,18,21)(H,19,22). The summed E-state index contributed by atoms with van der Waals surface area (Å²) >= 11 is 0. The second-order valence-electron chi connectivity index (χ2n) is 5.49. The van der Waals surface area contributed by atoms with E-state index in [1.807, 2.05) is 0 Å². The van der Waals surface area contributed by atoms with Gasteiger partial charge in [-0.05, 0) is 31.2 Å². The number of amides is 3. The minimum Gasteiger partial charge on any atom is -0.467 e. The first-order valence-electron chi connectivity index (χ1n) is 7.56. The second-order valence-corrected chi connectivity index (χ2v) is 5.49. The molecule has 2 N–H and O–H groups in total. The first-order chi connectivity index (χ1) is 11.6. The highest BCUT2D eigenvalue weighted by Crippen LogP contribution is 2.23. The number of carbonyl (C=O) groups excluding carboxylic acids is 3. The van der Waals surface area contributed by atoms with Gasteiger partial charge in [-0.3, -0.25) is 14.4 Å². The smallest absolute Gasteiger partial charge is 0.254 e. The van der Waals surface area contributed by atoms with Crippen LogP contribution in [-0.2, 0) is 16.1 Å². The molecule has 1 aromatic carbocycles. The van der Waals surface area contributed by atoms with Crippen LogP contribution in [0.3, 0.4) is 0 Å². The molecule has 1 unspecified atom stereocenters. The van der Waals surface area contributed by atoms with Gasteiger partial charge in [-0.25, -0.2) is 0 Å². The van der Waals surface area contributed by atoms with Crippen LogP contribution >= 0.6 is 0 Å². The van der Waals surface area contributed by atoms with Gasteiger partial charge in [0.15, 0.2) is 0 Å². The number of carbonyl (C=O) groups is 3. The number of hydrogen-bond donors (Lipinski definition) is 2. The molecule has 1 atom stereocenters. The normalized spacial score (nSPS) is 17.0. The number of benzene rings is 1. The van der Waals surface area contributed by atoms with Crippen molar-refractivity contribution < 1.29 is 18.8 Å². The van der Waals surface area contributed by atoms with Crippen LogP contribution in [0.2, 0.25) is 0 Å². The highest BCUT2D eigenvalue weighted by molar-refractivity contribution is 6.12. The van der Waals surface area contributed by atoms with Crippen molar-refractivity contribution in [1.82, 2.24) is 10.6 Å². The van der Waals surface area contributed by atoms with Gasteiger partial charge in [0.2, 0.25) is 11.8 Å². The Morgan fingerprint density at radius 1 is 1.25 bits per heavy atom. The first-order valence-corrected chi connectivity index (χ1v) is 7.56. The van der Waals surface area contributed by atoms with Gasteiger partial charge in [-0.2, -0.15) is 0 Å². The number of nitrogens with one attached hydrogen (secondary N) is 2. The Kier molecular flexibility index (Phi) is 4.33. The fourth-order valence-electron chi connectivity index (χ4n) is 2.55. The summed E-state index contributed by atoms with van der Waals surface area (Å²) < 4.78 is 5.15. The van der Waals surface area contributed by atoms with Gasteiger partial charge in [0.1, 0.15) is 18.3 Å². The average molecular weight is 327 g/mol. The minimum absolute atomic E-state index is 0.171. The van der Waals surface area contributed by atoms with Crippen LogP contribution in [0.1, 0.15) is 23.0 Å². The number of fused-ring (bicyclic) bond motifs is 1. The predicted octanol–water partition coefficient (Wildman–Crippen LogP) is 1.06. The largest absolute Gasteiger partial charge is 0.467 e. The molecule has 0 fully saturated rings. The molecule has 7 heteroatoms. The van der Waals surface area contributed by atoms with E-state index in [9.17, 15) is 14.4 Å². The maximum Gasteiger partial charge on any atom is 0.254 e. The summed E-state index contributed by atoms with van der Waals surface area (Å²) in [6.45, 7) is 1.66. The highest BCUT2D eigenvalue weighted by Gasteiger charge is 2.32. The van der Waals surface area contributed by atoms with Gasteiger partial charge in [-0.1, -0.05) is 12.1 Å². The van der Waals surface area contributed by atoms with E-state index in [0.29, 0.717) is 17.0 Å². The van der Waals surface area contributed by atoms with Crippen LogP contribution in [-0.4, -0.2) is 30.3 Å². The summed E-state index contributed by atoms with van der Waals surface area (Å²) in [5.41, 5.74) is 0.798. The van der Waals surface area contributed by atoms with E-state index >= 15 is 0 Å². The Bertz CT molecular complexity index is 770. The van der Waals surface area contributed by atoms with Crippen molar-refractivity contribution in [2.45, 2.75) is 19.5 Å². The lowest BCUT2D eigenvalue weighted by atomic mass is 10.1. The summed E-state index contributed by atoms with van der Waals surface area (Å²) in [7, 11) is 0. The number of hydrogen-bond acceptors (Lipinski definition) is 4. The summed E-state index contributed by atoms with van der Waals surface area (Å²) in [6.07, 6.45) is 1.52. The summed E-state index contributed by atoms with van der Waals surface area (Å²) in [6, 6.07) is 9.50. The number of rotatable bonds is 4. The summed E-state index contributed by atoms with van der Waals surface area (Å²) in [5.74, 6) is -0.376. The third-order valence-corrected chi connectivity index (χ3v) is 3.77. The number of nitrogens with zero attached hydrogens (tertiary/aromatic N) is 1. The fraction of sp³-hybridized carbons (Fsp3) is 0.235. The molecule has 1 aliphatic rings. The maximum absolute atomic E-state index is 12.5. The van der Waals surface area contributed by atoms with Gasteiger partial charge >= 0.3 is 0 Å². The molecular formula is C17H17N3O4. The molecule has 1 aromatic heterocycles. The van der Waals surface area contributed by atoms with Crippen LogP contribution < -0.4 is 15.5 Å². The third kappa shape index (κ3) is 3.15. The van der Waals surface area contributed by atoms with Crippen molar-refractivity contribution in [2.24, 2.45) is 0 Å². The molecule has 7 nitrogen and oxygen atoms in total. The SMILES string of the molecule is CC1NC(=O)c2ccccc2N(CC(=O)NCc2ccco2)C1=O. The topological polar surface area (TPSA) is 91.7 Å².